The van der Waals surface area contributed by atoms with E-state index in [1.54, 1.807) is 0 Å². The van der Waals surface area contributed by atoms with Crippen molar-refractivity contribution in [1.29, 1.82) is 0 Å². The maximum Gasteiger partial charge on any atom is 0.457 e. The SMILES string of the molecule is CCCCCCCCCNC(F)(F)F. The van der Waals surface area contributed by atoms with E-state index in [2.05, 4.69) is 6.92 Å². The third-order valence-corrected chi connectivity index (χ3v) is 2.11. The molecule has 86 valence electrons. The Hall–Kier alpha value is -0.250. The van der Waals surface area contributed by atoms with Gasteiger partial charge in [0.05, 0.1) is 0 Å². The molecule has 0 aromatic carbocycles. The number of hydrogen-bond donors (Lipinski definition) is 1. The lowest BCUT2D eigenvalue weighted by Crippen LogP contribution is -2.32. The Morgan fingerprint density at radius 3 is 1.86 bits per heavy atom. The molecule has 0 fully saturated rings. The molecule has 1 nitrogen and oxygen atoms in total. The summed E-state index contributed by atoms with van der Waals surface area (Å²) in [6, 6.07) is 0. The number of unbranched alkanes of at least 4 members (excludes halogenated alkanes) is 6. The lowest BCUT2D eigenvalue weighted by atomic mass is 10.1. The van der Waals surface area contributed by atoms with Crippen molar-refractivity contribution < 1.29 is 13.2 Å². The predicted octanol–water partition coefficient (Wildman–Crippen LogP) is 3.85. The molecule has 0 aliphatic rings. The van der Waals surface area contributed by atoms with Crippen molar-refractivity contribution >= 4 is 0 Å². The Labute approximate surface area is 84.1 Å². The van der Waals surface area contributed by atoms with Crippen molar-refractivity contribution in [3.05, 3.63) is 0 Å². The van der Waals surface area contributed by atoms with Crippen LogP contribution in [0.5, 0.6) is 0 Å². The molecule has 0 amide bonds. The minimum atomic E-state index is -4.21. The lowest BCUT2D eigenvalue weighted by Gasteiger charge is -2.07. The molecule has 0 bridgehead atoms. The van der Waals surface area contributed by atoms with Crippen molar-refractivity contribution in [3.63, 3.8) is 0 Å². The summed E-state index contributed by atoms with van der Waals surface area (Å²) in [5, 5.41) is 1.52. The van der Waals surface area contributed by atoms with Gasteiger partial charge in [-0.1, -0.05) is 45.4 Å². The first-order chi connectivity index (χ1) is 6.56. The van der Waals surface area contributed by atoms with Gasteiger partial charge in [-0.25, -0.2) is 5.32 Å². The fourth-order valence-corrected chi connectivity index (χ4v) is 1.31. The summed E-state index contributed by atoms with van der Waals surface area (Å²) >= 11 is 0. The molecule has 0 aliphatic heterocycles. The lowest BCUT2D eigenvalue weighted by molar-refractivity contribution is -0.156. The fourth-order valence-electron chi connectivity index (χ4n) is 1.31. The molecular weight excluding hydrogens is 191 g/mol. The first-order valence-corrected chi connectivity index (χ1v) is 5.38. The monoisotopic (exact) mass is 211 g/mol. The van der Waals surface area contributed by atoms with E-state index in [1.807, 2.05) is 0 Å². The minimum absolute atomic E-state index is 0.0529. The minimum Gasteiger partial charge on any atom is -0.228 e. The van der Waals surface area contributed by atoms with Crippen molar-refractivity contribution in [2.24, 2.45) is 0 Å². The molecule has 0 spiro atoms. The van der Waals surface area contributed by atoms with E-state index in [4.69, 9.17) is 0 Å². The molecule has 0 aliphatic carbocycles. The van der Waals surface area contributed by atoms with Gasteiger partial charge in [0, 0.05) is 6.54 Å². The normalized spacial score (nSPS) is 12.0. The van der Waals surface area contributed by atoms with Gasteiger partial charge in [-0.3, -0.25) is 0 Å². The smallest absolute Gasteiger partial charge is 0.228 e. The zero-order valence-electron chi connectivity index (χ0n) is 8.79. The average Bonchev–Trinajstić information content (AvgIpc) is 2.08. The molecular formula is C10H20F3N. The van der Waals surface area contributed by atoms with E-state index in [0.29, 0.717) is 6.42 Å². The van der Waals surface area contributed by atoms with E-state index < -0.39 is 6.30 Å². The molecule has 0 unspecified atom stereocenters. The van der Waals surface area contributed by atoms with Crippen LogP contribution in [0.25, 0.3) is 0 Å². The van der Waals surface area contributed by atoms with Gasteiger partial charge in [0.15, 0.2) is 0 Å². The summed E-state index contributed by atoms with van der Waals surface area (Å²) < 4.78 is 34.9. The molecule has 4 heteroatoms. The van der Waals surface area contributed by atoms with Crippen LogP contribution in [0.3, 0.4) is 0 Å². The second kappa shape index (κ2) is 8.09. The fraction of sp³-hybridized carbons (Fsp3) is 1.00. The van der Waals surface area contributed by atoms with Gasteiger partial charge in [0.25, 0.3) is 0 Å². The first-order valence-electron chi connectivity index (χ1n) is 5.38. The number of hydrogen-bond acceptors (Lipinski definition) is 1. The van der Waals surface area contributed by atoms with Crippen LogP contribution < -0.4 is 5.32 Å². The highest BCUT2D eigenvalue weighted by molar-refractivity contribution is 4.51. The Morgan fingerprint density at radius 1 is 0.857 bits per heavy atom. The first kappa shape index (κ1) is 13.8. The van der Waals surface area contributed by atoms with E-state index in [9.17, 15) is 13.2 Å². The highest BCUT2D eigenvalue weighted by atomic mass is 19.4. The third kappa shape index (κ3) is 11.8. The second-order valence-electron chi connectivity index (χ2n) is 3.55. The zero-order valence-corrected chi connectivity index (χ0v) is 8.79. The molecule has 0 saturated carbocycles. The van der Waals surface area contributed by atoms with Gasteiger partial charge in [-0.15, -0.1) is 0 Å². The van der Waals surface area contributed by atoms with Crippen LogP contribution in [0.2, 0.25) is 0 Å². The number of rotatable bonds is 8. The van der Waals surface area contributed by atoms with Crippen LogP contribution in [-0.2, 0) is 0 Å². The molecule has 14 heavy (non-hydrogen) atoms. The third-order valence-electron chi connectivity index (χ3n) is 2.11. The quantitative estimate of drug-likeness (QED) is 0.475. The largest absolute Gasteiger partial charge is 0.457 e. The number of alkyl halides is 3. The van der Waals surface area contributed by atoms with Crippen molar-refractivity contribution in [2.45, 2.75) is 58.2 Å². The topological polar surface area (TPSA) is 12.0 Å². The number of nitrogens with one attached hydrogen (secondary N) is 1. The second-order valence-corrected chi connectivity index (χ2v) is 3.55. The summed E-state index contributed by atoms with van der Waals surface area (Å²) in [5.41, 5.74) is 0. The van der Waals surface area contributed by atoms with Crippen LogP contribution in [0, 0.1) is 0 Å². The molecule has 0 radical (unpaired) electrons. The van der Waals surface area contributed by atoms with Crippen molar-refractivity contribution in [3.8, 4) is 0 Å². The maximum atomic E-state index is 11.6. The van der Waals surface area contributed by atoms with Gasteiger partial charge in [-0.05, 0) is 6.42 Å². The average molecular weight is 211 g/mol. The van der Waals surface area contributed by atoms with Crippen molar-refractivity contribution in [2.75, 3.05) is 6.54 Å². The standard InChI is InChI=1S/C10H20F3N/c1-2-3-4-5-6-7-8-9-14-10(11,12)13/h14H,2-9H2,1H3. The molecule has 0 aromatic rings. The summed E-state index contributed by atoms with van der Waals surface area (Å²) in [6.07, 6.45) is 3.17. The van der Waals surface area contributed by atoms with E-state index in [1.165, 1.54) is 24.6 Å². The maximum absolute atomic E-state index is 11.6. The molecule has 0 atom stereocenters. The van der Waals surface area contributed by atoms with E-state index in [-0.39, 0.29) is 6.54 Å². The Morgan fingerprint density at radius 2 is 1.36 bits per heavy atom. The van der Waals surface area contributed by atoms with Gasteiger partial charge in [0.1, 0.15) is 0 Å². The highest BCUT2D eigenvalue weighted by Gasteiger charge is 2.25. The van der Waals surface area contributed by atoms with Crippen LogP contribution in [0.15, 0.2) is 0 Å². The summed E-state index contributed by atoms with van der Waals surface area (Å²) in [4.78, 5) is 0. The molecule has 0 rings (SSSR count). The van der Waals surface area contributed by atoms with Crippen LogP contribution in [0.4, 0.5) is 13.2 Å². The van der Waals surface area contributed by atoms with Crippen LogP contribution >= 0.6 is 0 Å². The molecule has 0 saturated heterocycles. The molecule has 1 N–H and O–H groups in total. The predicted molar refractivity (Wildman–Crippen MR) is 52.1 cm³/mol. The van der Waals surface area contributed by atoms with Gasteiger partial charge in [0.2, 0.25) is 0 Å². The number of halogens is 3. The molecule has 0 heterocycles. The summed E-state index contributed by atoms with van der Waals surface area (Å²) in [5.74, 6) is 0. The zero-order chi connectivity index (χ0) is 10.9. The Bertz CT molecular complexity index is 123. The summed E-state index contributed by atoms with van der Waals surface area (Å²) in [6.45, 7) is 2.20. The van der Waals surface area contributed by atoms with Gasteiger partial charge >= 0.3 is 6.30 Å². The van der Waals surface area contributed by atoms with Crippen LogP contribution in [0.1, 0.15) is 51.9 Å². The highest BCUT2D eigenvalue weighted by Crippen LogP contribution is 2.10. The molecule has 0 aromatic heterocycles. The van der Waals surface area contributed by atoms with E-state index >= 15 is 0 Å². The van der Waals surface area contributed by atoms with Crippen molar-refractivity contribution in [1.82, 2.24) is 5.32 Å². The van der Waals surface area contributed by atoms with Gasteiger partial charge < -0.3 is 0 Å². The Balaban J connectivity index is 2.99. The van der Waals surface area contributed by atoms with Crippen LogP contribution in [-0.4, -0.2) is 12.8 Å². The summed E-state index contributed by atoms with van der Waals surface area (Å²) in [7, 11) is 0. The Kier molecular flexibility index (Phi) is 7.95. The van der Waals surface area contributed by atoms with E-state index in [0.717, 1.165) is 19.3 Å². The van der Waals surface area contributed by atoms with Gasteiger partial charge in [-0.2, -0.15) is 13.2 Å².